The number of rotatable bonds is 12. The van der Waals surface area contributed by atoms with Crippen LogP contribution in [0.25, 0.3) is 77.2 Å². The summed E-state index contributed by atoms with van der Waals surface area (Å²) in [6, 6.07) is 136. The fourth-order valence-electron chi connectivity index (χ4n) is 15.7. The standard InChI is InChI=1S/C90H61BN6/c1-9-30-62(31-10-1)72-46-25-27-48-80(72)96-82-50-29-51-83-90(82)91(78-60-86-76(58-88(78)96)74-54-52-70(56-84(74)94(86)68-42-21-7-22-43-68)92(64-34-13-3-14-35-64)65-36-15-4-16-37-65)79-61-87-77(59-89(79)97(83)81-49-28-26-47-73(81)63-32-11-2-12-33-63)75-55-53-71(57-85(75)95(87)69-44-23-8-24-45-69)93(66-38-17-5-18-39-66)67-40-19-6-20-41-67/h1-61H. The van der Waals surface area contributed by atoms with Crippen LogP contribution >= 0.6 is 0 Å². The monoisotopic (exact) mass is 1240 g/mol. The van der Waals surface area contributed by atoms with Gasteiger partial charge < -0.3 is 28.7 Å². The Bertz CT molecular complexity index is 5390. The molecule has 15 aromatic carbocycles. The number of aromatic nitrogens is 2. The Morgan fingerprint density at radius 3 is 0.897 bits per heavy atom. The molecule has 0 saturated heterocycles. The molecule has 0 bridgehead atoms. The lowest BCUT2D eigenvalue weighted by molar-refractivity contribution is 1.17. The molecule has 0 atom stereocenters. The second-order valence-electron chi connectivity index (χ2n) is 25.2. The molecular formula is C90H61BN6. The van der Waals surface area contributed by atoms with E-state index in [2.05, 4.69) is 399 Å². The van der Waals surface area contributed by atoms with E-state index in [0.29, 0.717) is 0 Å². The Labute approximate surface area is 564 Å². The molecule has 0 saturated carbocycles. The third-order valence-electron chi connectivity index (χ3n) is 19.8. The minimum absolute atomic E-state index is 0.251. The van der Waals surface area contributed by atoms with E-state index in [1.807, 2.05) is 0 Å². The van der Waals surface area contributed by atoms with Gasteiger partial charge in [-0.2, -0.15) is 0 Å². The van der Waals surface area contributed by atoms with E-state index < -0.39 is 0 Å². The van der Waals surface area contributed by atoms with Gasteiger partial charge in [0.05, 0.1) is 33.4 Å². The van der Waals surface area contributed by atoms with Gasteiger partial charge in [0.1, 0.15) is 0 Å². The van der Waals surface area contributed by atoms with Gasteiger partial charge in [0.2, 0.25) is 0 Å². The van der Waals surface area contributed by atoms with Gasteiger partial charge in [0, 0.05) is 101 Å². The summed E-state index contributed by atoms with van der Waals surface area (Å²) >= 11 is 0. The third kappa shape index (κ3) is 9.12. The molecule has 2 aromatic heterocycles. The smallest absolute Gasteiger partial charge is 0.252 e. The molecule has 454 valence electrons. The molecule has 0 radical (unpaired) electrons. The van der Waals surface area contributed by atoms with Gasteiger partial charge in [-0.05, 0) is 173 Å². The van der Waals surface area contributed by atoms with Crippen LogP contribution in [-0.2, 0) is 0 Å². The molecule has 0 amide bonds. The zero-order chi connectivity index (χ0) is 63.9. The first-order chi connectivity index (χ1) is 48.2. The lowest BCUT2D eigenvalue weighted by atomic mass is 9.33. The Morgan fingerprint density at radius 2 is 0.526 bits per heavy atom. The van der Waals surface area contributed by atoms with Gasteiger partial charge in [-0.1, -0.05) is 224 Å². The molecule has 2 aliphatic heterocycles. The molecule has 0 aliphatic carbocycles. The number of anilines is 12. The van der Waals surface area contributed by atoms with Crippen molar-refractivity contribution in [1.29, 1.82) is 0 Å². The molecule has 2 aliphatic rings. The van der Waals surface area contributed by atoms with Crippen LogP contribution in [-0.4, -0.2) is 15.8 Å². The van der Waals surface area contributed by atoms with E-state index in [-0.39, 0.29) is 6.71 Å². The summed E-state index contributed by atoms with van der Waals surface area (Å²) in [6.45, 7) is -0.251. The minimum Gasteiger partial charge on any atom is -0.311 e. The van der Waals surface area contributed by atoms with Crippen molar-refractivity contribution in [2.45, 2.75) is 0 Å². The average Bonchev–Trinajstić information content (AvgIpc) is 1.68. The zero-order valence-electron chi connectivity index (χ0n) is 53.0. The van der Waals surface area contributed by atoms with E-state index in [1.54, 1.807) is 0 Å². The summed E-state index contributed by atoms with van der Waals surface area (Å²) in [5, 5.41) is 4.67. The SMILES string of the molecule is c1ccc(-c2ccccc2N2c3cc4c5ccc(N(c6ccccc6)c6ccccc6)cc5n(-c5ccccc5)c4cc3B3c4cc5c(cc4N(c4ccccc4-c4ccccc4)c4cccc2c43)c2ccc(N(c3ccccc3)c3ccccc3)cc2n5-c2ccccc2)cc1. The van der Waals surface area contributed by atoms with Gasteiger partial charge in [-0.15, -0.1) is 0 Å². The second-order valence-corrected chi connectivity index (χ2v) is 25.2. The Balaban J connectivity index is 0.939. The minimum atomic E-state index is -0.251. The molecule has 17 aromatic rings. The molecule has 0 N–H and O–H groups in total. The van der Waals surface area contributed by atoms with Crippen molar-refractivity contribution in [3.05, 3.63) is 370 Å². The fourth-order valence-corrected chi connectivity index (χ4v) is 15.7. The van der Waals surface area contributed by atoms with Crippen molar-refractivity contribution in [1.82, 2.24) is 9.13 Å². The molecule has 7 heteroatoms. The topological polar surface area (TPSA) is 22.8 Å². The van der Waals surface area contributed by atoms with Gasteiger partial charge in [0.15, 0.2) is 0 Å². The first kappa shape index (κ1) is 55.8. The van der Waals surface area contributed by atoms with Crippen LogP contribution in [0.5, 0.6) is 0 Å². The number of nitrogens with zero attached hydrogens (tertiary/aromatic N) is 6. The number of para-hydroxylation sites is 8. The molecule has 0 spiro atoms. The Kier molecular flexibility index (Phi) is 13.2. The average molecular weight is 1240 g/mol. The number of hydrogen-bond donors (Lipinski definition) is 0. The fraction of sp³-hybridized carbons (Fsp3) is 0. The predicted molar refractivity (Wildman–Crippen MR) is 409 cm³/mol. The van der Waals surface area contributed by atoms with Crippen molar-refractivity contribution in [2.24, 2.45) is 0 Å². The summed E-state index contributed by atoms with van der Waals surface area (Å²) in [4.78, 5) is 9.93. The second kappa shape index (κ2) is 23.0. The van der Waals surface area contributed by atoms with Gasteiger partial charge in [-0.3, -0.25) is 0 Å². The van der Waals surface area contributed by atoms with Crippen molar-refractivity contribution in [2.75, 3.05) is 19.6 Å². The number of hydrogen-bond acceptors (Lipinski definition) is 4. The van der Waals surface area contributed by atoms with E-state index in [4.69, 9.17) is 0 Å². The van der Waals surface area contributed by atoms with Crippen LogP contribution in [0.3, 0.4) is 0 Å². The maximum Gasteiger partial charge on any atom is 0.252 e. The van der Waals surface area contributed by atoms with Crippen LogP contribution in [0.4, 0.5) is 68.2 Å². The van der Waals surface area contributed by atoms with E-state index in [1.165, 1.54) is 37.9 Å². The summed E-state index contributed by atoms with van der Waals surface area (Å²) in [6.07, 6.45) is 0. The van der Waals surface area contributed by atoms with Crippen molar-refractivity contribution >= 4 is 135 Å². The van der Waals surface area contributed by atoms with Gasteiger partial charge in [-0.25, -0.2) is 0 Å². The van der Waals surface area contributed by atoms with E-state index >= 15 is 0 Å². The largest absolute Gasteiger partial charge is 0.311 e. The summed E-state index contributed by atoms with van der Waals surface area (Å²) in [5.41, 5.74) is 28.2. The van der Waals surface area contributed by atoms with Crippen LogP contribution in [0.1, 0.15) is 0 Å². The highest BCUT2D eigenvalue weighted by atomic mass is 15.2. The molecular weight excluding hydrogens is 1180 g/mol. The molecule has 0 unspecified atom stereocenters. The first-order valence-electron chi connectivity index (χ1n) is 33.4. The molecule has 6 nitrogen and oxygen atoms in total. The maximum absolute atomic E-state index is 2.59. The highest BCUT2D eigenvalue weighted by Gasteiger charge is 2.45. The van der Waals surface area contributed by atoms with Gasteiger partial charge >= 0.3 is 0 Å². The third-order valence-corrected chi connectivity index (χ3v) is 19.8. The number of benzene rings is 15. The van der Waals surface area contributed by atoms with Crippen LogP contribution in [0.2, 0.25) is 0 Å². The van der Waals surface area contributed by atoms with Crippen LogP contribution < -0.4 is 36.0 Å². The van der Waals surface area contributed by atoms with Crippen LogP contribution in [0.15, 0.2) is 370 Å². The highest BCUT2D eigenvalue weighted by Crippen LogP contribution is 2.51. The summed E-state index contributed by atoms with van der Waals surface area (Å²) < 4.78 is 5.03. The molecule has 97 heavy (non-hydrogen) atoms. The van der Waals surface area contributed by atoms with Crippen molar-refractivity contribution < 1.29 is 0 Å². The normalized spacial score (nSPS) is 12.3. The lowest BCUT2D eigenvalue weighted by Crippen LogP contribution is -2.61. The summed E-state index contributed by atoms with van der Waals surface area (Å²) in [5.74, 6) is 0. The van der Waals surface area contributed by atoms with Crippen molar-refractivity contribution in [3.8, 4) is 33.6 Å². The number of fused-ring (bicyclic) bond motifs is 10. The van der Waals surface area contributed by atoms with Crippen LogP contribution in [0, 0.1) is 0 Å². The van der Waals surface area contributed by atoms with E-state index in [9.17, 15) is 0 Å². The molecule has 4 heterocycles. The van der Waals surface area contributed by atoms with Crippen molar-refractivity contribution in [3.63, 3.8) is 0 Å². The zero-order valence-corrected chi connectivity index (χ0v) is 53.0. The molecule has 19 rings (SSSR count). The first-order valence-corrected chi connectivity index (χ1v) is 33.4. The molecule has 0 fully saturated rings. The van der Waals surface area contributed by atoms with E-state index in [0.717, 1.165) is 124 Å². The Morgan fingerprint density at radius 1 is 0.216 bits per heavy atom. The predicted octanol–water partition coefficient (Wildman–Crippen LogP) is 22.2. The lowest BCUT2D eigenvalue weighted by Gasteiger charge is -2.45. The maximum atomic E-state index is 2.59. The highest BCUT2D eigenvalue weighted by molar-refractivity contribution is 7.00. The summed E-state index contributed by atoms with van der Waals surface area (Å²) in [7, 11) is 0. The quantitative estimate of drug-likeness (QED) is 0.114. The van der Waals surface area contributed by atoms with Gasteiger partial charge in [0.25, 0.3) is 6.71 Å². The Hall–Kier alpha value is -12.8.